The molecule has 0 aliphatic carbocycles. The van der Waals surface area contributed by atoms with Gasteiger partial charge in [-0.05, 0) is 28.3 Å². The highest BCUT2D eigenvalue weighted by molar-refractivity contribution is 5.91. The molecule has 8 nitrogen and oxygen atoms in total. The van der Waals surface area contributed by atoms with Crippen LogP contribution < -0.4 is 0 Å². The zero-order valence-corrected chi connectivity index (χ0v) is 27.6. The number of hydrogen-bond donors (Lipinski definition) is 0. The molecule has 256 valence electrons. The number of ether oxygens (including phenoxy) is 7. The van der Waals surface area contributed by atoms with Crippen LogP contribution in [0.1, 0.15) is 44.5 Å². The van der Waals surface area contributed by atoms with Gasteiger partial charge in [-0.1, -0.05) is 140 Å². The van der Waals surface area contributed by atoms with Crippen molar-refractivity contribution in [3.8, 4) is 0 Å². The van der Waals surface area contributed by atoms with Crippen LogP contribution in [0.4, 0.5) is 0 Å². The summed E-state index contributed by atoms with van der Waals surface area (Å²) in [6.45, 7) is 1.15. The van der Waals surface area contributed by atoms with Gasteiger partial charge in [-0.25, -0.2) is 4.79 Å². The van der Waals surface area contributed by atoms with Gasteiger partial charge in [0.05, 0.1) is 32.0 Å². The number of carbonyl (C=O) groups is 1. The third-order valence-electron chi connectivity index (χ3n) is 8.78. The minimum absolute atomic E-state index is 0.0730. The fourth-order valence-corrected chi connectivity index (χ4v) is 6.18. The molecule has 7 rings (SSSR count). The Morgan fingerprint density at radius 3 is 1.74 bits per heavy atom. The molecular formula is C42H40O8. The number of carbonyl (C=O) groups excluding carboxylic acids is 1. The van der Waals surface area contributed by atoms with E-state index < -0.39 is 43.0 Å². The molecule has 8 heteroatoms. The quantitative estimate of drug-likeness (QED) is 0.119. The topological polar surface area (TPSA) is 81.7 Å². The smallest absolute Gasteiger partial charge is 0.338 e. The van der Waals surface area contributed by atoms with Crippen LogP contribution in [0.3, 0.4) is 0 Å². The fraction of sp³-hybridized carbons (Fsp3) is 0.262. The average molecular weight is 673 g/mol. The van der Waals surface area contributed by atoms with Gasteiger partial charge in [-0.15, -0.1) is 0 Å². The van der Waals surface area contributed by atoms with Crippen LogP contribution in [0.15, 0.2) is 146 Å². The predicted molar refractivity (Wildman–Crippen MR) is 185 cm³/mol. The lowest BCUT2D eigenvalue weighted by atomic mass is 9.97. The van der Waals surface area contributed by atoms with E-state index in [1.54, 1.807) is 6.07 Å². The van der Waals surface area contributed by atoms with E-state index in [4.69, 9.17) is 33.2 Å². The third kappa shape index (κ3) is 8.54. The number of rotatable bonds is 13. The van der Waals surface area contributed by atoms with Crippen LogP contribution in [-0.4, -0.2) is 43.3 Å². The molecule has 5 aromatic carbocycles. The predicted octanol–water partition coefficient (Wildman–Crippen LogP) is 7.57. The maximum Gasteiger partial charge on any atom is 0.338 e. The molecule has 0 spiro atoms. The van der Waals surface area contributed by atoms with E-state index in [0.29, 0.717) is 24.3 Å². The molecule has 2 aliphatic heterocycles. The molecule has 0 saturated carbocycles. The summed E-state index contributed by atoms with van der Waals surface area (Å²) in [7, 11) is 0. The van der Waals surface area contributed by atoms with Crippen molar-refractivity contribution in [3.05, 3.63) is 179 Å². The normalized spacial score (nSPS) is 23.1. The Bertz CT molecular complexity index is 1770. The second-order valence-electron chi connectivity index (χ2n) is 12.3. The lowest BCUT2D eigenvalue weighted by molar-refractivity contribution is -0.374. The Labute approximate surface area is 292 Å². The zero-order chi connectivity index (χ0) is 34.0. The van der Waals surface area contributed by atoms with Crippen molar-refractivity contribution in [2.45, 2.75) is 63.4 Å². The second kappa shape index (κ2) is 16.8. The zero-order valence-electron chi connectivity index (χ0n) is 27.6. The first-order valence-corrected chi connectivity index (χ1v) is 16.9. The Morgan fingerprint density at radius 1 is 0.560 bits per heavy atom. The van der Waals surface area contributed by atoms with Gasteiger partial charge in [0.25, 0.3) is 0 Å². The number of benzene rings is 5. The summed E-state index contributed by atoms with van der Waals surface area (Å²) >= 11 is 0. The van der Waals surface area contributed by atoms with Crippen LogP contribution in [0.2, 0.25) is 0 Å². The van der Waals surface area contributed by atoms with Gasteiger partial charge in [0.1, 0.15) is 31.0 Å². The molecule has 0 N–H and O–H groups in total. The molecule has 2 heterocycles. The van der Waals surface area contributed by atoms with E-state index in [2.05, 4.69) is 0 Å². The van der Waals surface area contributed by atoms with E-state index in [9.17, 15) is 4.79 Å². The average Bonchev–Trinajstić information content (AvgIpc) is 3.19. The first kappa shape index (κ1) is 33.8. The maximum atomic E-state index is 13.2. The monoisotopic (exact) mass is 672 g/mol. The van der Waals surface area contributed by atoms with Crippen LogP contribution in [0.25, 0.3) is 0 Å². The maximum absolute atomic E-state index is 13.2. The second-order valence-corrected chi connectivity index (χ2v) is 12.3. The molecule has 5 aromatic rings. The molecule has 2 saturated heterocycles. The molecule has 50 heavy (non-hydrogen) atoms. The van der Waals surface area contributed by atoms with Crippen molar-refractivity contribution in [1.29, 1.82) is 0 Å². The highest BCUT2D eigenvalue weighted by Crippen LogP contribution is 2.37. The molecule has 0 amide bonds. The lowest BCUT2D eigenvalue weighted by Gasteiger charge is -2.49. The number of hydrogen-bond acceptors (Lipinski definition) is 8. The molecule has 0 aromatic heterocycles. The lowest BCUT2D eigenvalue weighted by Crippen LogP contribution is -2.63. The van der Waals surface area contributed by atoms with Crippen molar-refractivity contribution >= 4 is 5.97 Å². The van der Waals surface area contributed by atoms with Crippen molar-refractivity contribution < 1.29 is 38.0 Å². The minimum atomic E-state index is -0.866. The van der Waals surface area contributed by atoms with Crippen molar-refractivity contribution in [2.24, 2.45) is 0 Å². The summed E-state index contributed by atoms with van der Waals surface area (Å²) in [4.78, 5) is 13.2. The van der Waals surface area contributed by atoms with E-state index in [1.165, 1.54) is 0 Å². The Kier molecular flexibility index (Phi) is 11.4. The van der Waals surface area contributed by atoms with Crippen LogP contribution in [0.5, 0.6) is 0 Å². The first-order valence-electron chi connectivity index (χ1n) is 16.9. The van der Waals surface area contributed by atoms with Crippen LogP contribution >= 0.6 is 0 Å². The third-order valence-corrected chi connectivity index (χ3v) is 8.78. The molecule has 1 unspecified atom stereocenters. The Hall–Kier alpha value is -4.67. The summed E-state index contributed by atoms with van der Waals surface area (Å²) in [5.41, 5.74) is 4.92. The van der Waals surface area contributed by atoms with Gasteiger partial charge in [0, 0.05) is 5.56 Å². The van der Waals surface area contributed by atoms with Crippen molar-refractivity contribution in [2.75, 3.05) is 6.61 Å². The van der Waals surface area contributed by atoms with Crippen LogP contribution in [-0.2, 0) is 59.6 Å². The van der Waals surface area contributed by atoms with Gasteiger partial charge in [0.2, 0.25) is 0 Å². The molecule has 0 radical (unpaired) electrons. The van der Waals surface area contributed by atoms with Gasteiger partial charge < -0.3 is 33.2 Å². The standard InChI is InChI=1S/C42H40O8/c43-40(46-27-32-19-9-3-10-20-32)35-24-14-13-23-34(35)28-47-42-39(45-26-31-17-7-2-8-18-31)38(44-25-30-15-5-1-6-16-30)37-36(49-42)29-48-41(50-37)33-21-11-4-12-22-33/h1-24,36-39,41-42H,25-29H2/t36-,37-,38+,39+,41?,42+/m1/s1. The van der Waals surface area contributed by atoms with Gasteiger partial charge in [0.15, 0.2) is 12.6 Å². The van der Waals surface area contributed by atoms with Crippen molar-refractivity contribution in [3.63, 3.8) is 0 Å². The molecule has 6 atom stereocenters. The summed E-state index contributed by atoms with van der Waals surface area (Å²) in [6, 6.07) is 46.6. The molecule has 0 bridgehead atoms. The summed E-state index contributed by atoms with van der Waals surface area (Å²) in [5.74, 6) is -0.431. The van der Waals surface area contributed by atoms with E-state index in [-0.39, 0.29) is 19.8 Å². The minimum Gasteiger partial charge on any atom is -0.457 e. The Balaban J connectivity index is 1.13. The molecule has 2 fully saturated rings. The van der Waals surface area contributed by atoms with E-state index >= 15 is 0 Å². The first-order chi connectivity index (χ1) is 24.7. The fourth-order valence-electron chi connectivity index (χ4n) is 6.18. The van der Waals surface area contributed by atoms with E-state index in [0.717, 1.165) is 22.3 Å². The largest absolute Gasteiger partial charge is 0.457 e. The van der Waals surface area contributed by atoms with Crippen molar-refractivity contribution in [1.82, 2.24) is 0 Å². The van der Waals surface area contributed by atoms with Crippen LogP contribution in [0, 0.1) is 0 Å². The number of esters is 1. The summed E-state index contributed by atoms with van der Waals surface area (Å²) < 4.78 is 44.9. The summed E-state index contributed by atoms with van der Waals surface area (Å²) in [6.07, 6.45) is -3.74. The van der Waals surface area contributed by atoms with E-state index in [1.807, 2.05) is 140 Å². The van der Waals surface area contributed by atoms with Gasteiger partial charge in [-0.2, -0.15) is 0 Å². The highest BCUT2D eigenvalue weighted by Gasteiger charge is 2.52. The highest BCUT2D eigenvalue weighted by atomic mass is 16.8. The molecular weight excluding hydrogens is 632 g/mol. The SMILES string of the molecule is O=C(OCc1ccccc1)c1ccccc1CO[C@H]1O[C@@H]2COC(c3ccccc3)O[C@H]2[C@H](OCc2ccccc2)[C@@H]1OCc1ccccc1. The van der Waals surface area contributed by atoms with Gasteiger partial charge in [-0.3, -0.25) is 0 Å². The number of fused-ring (bicyclic) bond motifs is 1. The van der Waals surface area contributed by atoms with Gasteiger partial charge >= 0.3 is 5.97 Å². The summed E-state index contributed by atoms with van der Waals surface area (Å²) in [5, 5.41) is 0. The molecule has 2 aliphatic rings. The Morgan fingerprint density at radius 2 is 1.10 bits per heavy atom.